The molecule has 0 aliphatic rings. The van der Waals surface area contributed by atoms with Gasteiger partial charge >= 0.3 is 0 Å². The molecule has 0 aromatic heterocycles. The molecule has 1 aromatic carbocycles. The summed E-state index contributed by atoms with van der Waals surface area (Å²) in [6.07, 6.45) is 2.81. The van der Waals surface area contributed by atoms with Crippen LogP contribution in [0.3, 0.4) is 0 Å². The van der Waals surface area contributed by atoms with Crippen LogP contribution in [0.25, 0.3) is 0 Å². The largest absolute Gasteiger partial charge is 0.497 e. The Labute approximate surface area is 127 Å². The predicted octanol–water partition coefficient (Wildman–Crippen LogP) is 2.73. The Morgan fingerprint density at radius 2 is 2.10 bits per heavy atom. The molecule has 0 aliphatic heterocycles. The third kappa shape index (κ3) is 6.04. The van der Waals surface area contributed by atoms with E-state index in [1.54, 1.807) is 25.3 Å². The fraction of sp³-hybridized carbons (Fsp3) is 0.562. The minimum atomic E-state index is -0.0122. The van der Waals surface area contributed by atoms with Crippen molar-refractivity contribution in [2.24, 2.45) is 0 Å². The summed E-state index contributed by atoms with van der Waals surface area (Å²) in [5.41, 5.74) is 7.04. The van der Waals surface area contributed by atoms with Crippen LogP contribution >= 0.6 is 0 Å². The number of hydrogen-bond donors (Lipinski definition) is 2. The van der Waals surface area contributed by atoms with Crippen molar-refractivity contribution < 1.29 is 9.53 Å². The van der Waals surface area contributed by atoms with Crippen molar-refractivity contribution in [3.05, 3.63) is 18.2 Å². The van der Waals surface area contributed by atoms with E-state index in [0.717, 1.165) is 19.6 Å². The molecule has 0 saturated heterocycles. The lowest BCUT2D eigenvalue weighted by molar-refractivity contribution is -0.116. The van der Waals surface area contributed by atoms with Crippen LogP contribution in [-0.4, -0.2) is 37.6 Å². The summed E-state index contributed by atoms with van der Waals surface area (Å²) < 4.78 is 5.09. The average molecular weight is 293 g/mol. The van der Waals surface area contributed by atoms with Crippen molar-refractivity contribution in [1.29, 1.82) is 0 Å². The topological polar surface area (TPSA) is 67.6 Å². The molecular weight excluding hydrogens is 266 g/mol. The molecule has 1 aromatic rings. The highest BCUT2D eigenvalue weighted by molar-refractivity contribution is 5.94. The number of ether oxygens (including phenoxy) is 1. The number of unbranched alkanes of at least 4 members (excludes halogenated alkanes) is 1. The van der Waals surface area contributed by atoms with Gasteiger partial charge < -0.3 is 20.7 Å². The van der Waals surface area contributed by atoms with Crippen molar-refractivity contribution in [2.75, 3.05) is 37.8 Å². The molecule has 118 valence electrons. The Hall–Kier alpha value is -1.75. The molecule has 3 N–H and O–H groups in total. The maximum absolute atomic E-state index is 12.0. The second kappa shape index (κ2) is 9.23. The maximum atomic E-state index is 12.0. The zero-order chi connectivity index (χ0) is 15.7. The summed E-state index contributed by atoms with van der Waals surface area (Å²) in [7, 11) is 1.59. The summed E-state index contributed by atoms with van der Waals surface area (Å²) >= 11 is 0. The van der Waals surface area contributed by atoms with Gasteiger partial charge in [-0.05, 0) is 31.6 Å². The van der Waals surface area contributed by atoms with E-state index < -0.39 is 0 Å². The molecule has 0 bridgehead atoms. The van der Waals surface area contributed by atoms with E-state index in [4.69, 9.17) is 10.5 Å². The van der Waals surface area contributed by atoms with E-state index in [2.05, 4.69) is 24.1 Å². The first-order valence-electron chi connectivity index (χ1n) is 7.56. The van der Waals surface area contributed by atoms with Gasteiger partial charge in [0, 0.05) is 19.0 Å². The van der Waals surface area contributed by atoms with Crippen LogP contribution in [0.4, 0.5) is 11.4 Å². The SMILES string of the molecule is CCCCN(CC)CCC(=O)Nc1ccc(OC)cc1N. The molecule has 5 nitrogen and oxygen atoms in total. The van der Waals surface area contributed by atoms with Crippen molar-refractivity contribution in [1.82, 2.24) is 4.90 Å². The molecule has 0 aliphatic carbocycles. The number of amides is 1. The Morgan fingerprint density at radius 3 is 2.67 bits per heavy atom. The molecular formula is C16H27N3O2. The number of carbonyl (C=O) groups excluding carboxylic acids is 1. The lowest BCUT2D eigenvalue weighted by atomic mass is 10.2. The number of nitrogens with one attached hydrogen (secondary N) is 1. The number of nitrogens with two attached hydrogens (primary N) is 1. The van der Waals surface area contributed by atoms with Crippen LogP contribution in [-0.2, 0) is 4.79 Å². The Bertz CT molecular complexity index is 449. The second-order valence-electron chi connectivity index (χ2n) is 5.04. The van der Waals surface area contributed by atoms with Crippen LogP contribution in [0.5, 0.6) is 5.75 Å². The van der Waals surface area contributed by atoms with Gasteiger partial charge in [-0.1, -0.05) is 20.3 Å². The highest BCUT2D eigenvalue weighted by atomic mass is 16.5. The Kier molecular flexibility index (Phi) is 7.61. The summed E-state index contributed by atoms with van der Waals surface area (Å²) in [4.78, 5) is 14.3. The number of hydrogen-bond acceptors (Lipinski definition) is 4. The molecule has 5 heteroatoms. The van der Waals surface area contributed by atoms with Gasteiger partial charge in [0.05, 0.1) is 18.5 Å². The Balaban J connectivity index is 2.46. The Morgan fingerprint density at radius 1 is 1.33 bits per heavy atom. The van der Waals surface area contributed by atoms with Crippen LogP contribution in [0, 0.1) is 0 Å². The molecule has 0 spiro atoms. The first kappa shape index (κ1) is 17.3. The molecule has 1 amide bonds. The average Bonchev–Trinajstić information content (AvgIpc) is 2.49. The zero-order valence-electron chi connectivity index (χ0n) is 13.3. The lowest BCUT2D eigenvalue weighted by Gasteiger charge is -2.19. The smallest absolute Gasteiger partial charge is 0.225 e. The molecule has 1 rings (SSSR count). The molecule has 0 atom stereocenters. The number of methoxy groups -OCH3 is 1. The van der Waals surface area contributed by atoms with Gasteiger partial charge in [0.1, 0.15) is 5.75 Å². The second-order valence-corrected chi connectivity index (χ2v) is 5.04. The van der Waals surface area contributed by atoms with Crippen molar-refractivity contribution in [3.63, 3.8) is 0 Å². The van der Waals surface area contributed by atoms with Crippen LogP contribution < -0.4 is 15.8 Å². The van der Waals surface area contributed by atoms with Crippen molar-refractivity contribution >= 4 is 17.3 Å². The van der Waals surface area contributed by atoms with Gasteiger partial charge in [-0.3, -0.25) is 4.79 Å². The number of nitrogens with zero attached hydrogens (tertiary/aromatic N) is 1. The lowest BCUT2D eigenvalue weighted by Crippen LogP contribution is -2.28. The minimum absolute atomic E-state index is 0.0122. The molecule has 0 fully saturated rings. The zero-order valence-corrected chi connectivity index (χ0v) is 13.3. The predicted molar refractivity (Wildman–Crippen MR) is 87.7 cm³/mol. The van der Waals surface area contributed by atoms with Crippen molar-refractivity contribution in [3.8, 4) is 5.75 Å². The number of rotatable bonds is 9. The summed E-state index contributed by atoms with van der Waals surface area (Å²) in [5.74, 6) is 0.670. The van der Waals surface area contributed by atoms with E-state index in [-0.39, 0.29) is 5.91 Å². The van der Waals surface area contributed by atoms with Crippen molar-refractivity contribution in [2.45, 2.75) is 33.1 Å². The number of nitrogen functional groups attached to an aromatic ring is 1. The first-order valence-corrected chi connectivity index (χ1v) is 7.56. The van der Waals surface area contributed by atoms with Gasteiger partial charge in [-0.15, -0.1) is 0 Å². The van der Waals surface area contributed by atoms with Crippen LogP contribution in [0.2, 0.25) is 0 Å². The fourth-order valence-corrected chi connectivity index (χ4v) is 2.06. The van der Waals surface area contributed by atoms with E-state index >= 15 is 0 Å². The van der Waals surface area contributed by atoms with Gasteiger partial charge in [-0.2, -0.15) is 0 Å². The number of benzene rings is 1. The fourth-order valence-electron chi connectivity index (χ4n) is 2.06. The van der Waals surface area contributed by atoms with Crippen LogP contribution in [0.1, 0.15) is 33.1 Å². The van der Waals surface area contributed by atoms with Crippen LogP contribution in [0.15, 0.2) is 18.2 Å². The molecule has 0 unspecified atom stereocenters. The standard InChI is InChI=1S/C16H27N3O2/c1-4-6-10-19(5-2)11-9-16(20)18-15-8-7-13(21-3)12-14(15)17/h7-8,12H,4-6,9-11,17H2,1-3H3,(H,18,20). The summed E-state index contributed by atoms with van der Waals surface area (Å²) in [6.45, 7) is 7.09. The molecule has 0 radical (unpaired) electrons. The molecule has 0 saturated carbocycles. The van der Waals surface area contributed by atoms with Gasteiger partial charge in [0.15, 0.2) is 0 Å². The van der Waals surface area contributed by atoms with E-state index in [9.17, 15) is 4.79 Å². The van der Waals surface area contributed by atoms with E-state index in [1.165, 1.54) is 12.8 Å². The first-order chi connectivity index (χ1) is 10.1. The highest BCUT2D eigenvalue weighted by Gasteiger charge is 2.09. The summed E-state index contributed by atoms with van der Waals surface area (Å²) in [6, 6.07) is 5.25. The van der Waals surface area contributed by atoms with E-state index in [1.807, 2.05) is 0 Å². The van der Waals surface area contributed by atoms with Gasteiger partial charge in [-0.25, -0.2) is 0 Å². The van der Waals surface area contributed by atoms with Gasteiger partial charge in [0.2, 0.25) is 5.91 Å². The normalized spacial score (nSPS) is 10.7. The third-order valence-corrected chi connectivity index (χ3v) is 3.46. The monoisotopic (exact) mass is 293 g/mol. The maximum Gasteiger partial charge on any atom is 0.225 e. The quantitative estimate of drug-likeness (QED) is 0.687. The summed E-state index contributed by atoms with van der Waals surface area (Å²) in [5, 5.41) is 2.85. The third-order valence-electron chi connectivity index (χ3n) is 3.46. The number of carbonyl (C=O) groups is 1. The van der Waals surface area contributed by atoms with Gasteiger partial charge in [0.25, 0.3) is 0 Å². The molecule has 0 heterocycles. The minimum Gasteiger partial charge on any atom is -0.497 e. The molecule has 21 heavy (non-hydrogen) atoms. The highest BCUT2D eigenvalue weighted by Crippen LogP contribution is 2.24. The number of anilines is 2. The van der Waals surface area contributed by atoms with E-state index in [0.29, 0.717) is 23.5 Å².